The van der Waals surface area contributed by atoms with Gasteiger partial charge in [0.05, 0.1) is 18.9 Å². The van der Waals surface area contributed by atoms with Gasteiger partial charge in [-0.1, -0.05) is 0 Å². The van der Waals surface area contributed by atoms with Crippen molar-refractivity contribution in [1.82, 2.24) is 9.97 Å². The van der Waals surface area contributed by atoms with Crippen molar-refractivity contribution in [1.29, 1.82) is 5.26 Å². The van der Waals surface area contributed by atoms with Crippen LogP contribution in [0.3, 0.4) is 0 Å². The second-order valence-electron chi connectivity index (χ2n) is 6.01. The average molecular weight is 339 g/mol. The molecule has 0 bridgehead atoms. The quantitative estimate of drug-likeness (QED) is 0.912. The summed E-state index contributed by atoms with van der Waals surface area (Å²) in [6.45, 7) is 3.61. The van der Waals surface area contributed by atoms with E-state index in [2.05, 4.69) is 20.9 Å². The zero-order valence-electron chi connectivity index (χ0n) is 14.4. The zero-order valence-corrected chi connectivity index (χ0v) is 14.4. The van der Waals surface area contributed by atoms with E-state index in [9.17, 15) is 0 Å². The van der Waals surface area contributed by atoms with Crippen LogP contribution in [0.15, 0.2) is 24.4 Å². The molecule has 0 radical (unpaired) electrons. The summed E-state index contributed by atoms with van der Waals surface area (Å²) in [6.07, 6.45) is 3.58. The van der Waals surface area contributed by atoms with Crippen LogP contribution < -0.4 is 20.1 Å². The topological polar surface area (TPSA) is 97.3 Å². The fraction of sp³-hybridized carbons (Fsp3) is 0.389. The molecular weight excluding hydrogens is 318 g/mol. The lowest BCUT2D eigenvalue weighted by Gasteiger charge is -2.33. The van der Waals surface area contributed by atoms with E-state index in [1.807, 2.05) is 13.0 Å². The van der Waals surface area contributed by atoms with Crippen LogP contribution in [0.2, 0.25) is 0 Å². The van der Waals surface area contributed by atoms with Crippen LogP contribution in [0.25, 0.3) is 0 Å². The maximum Gasteiger partial charge on any atom is 0.213 e. The van der Waals surface area contributed by atoms with Gasteiger partial charge in [0, 0.05) is 32.0 Å². The van der Waals surface area contributed by atoms with Crippen molar-refractivity contribution < 1.29 is 9.47 Å². The molecule has 3 rings (SSSR count). The maximum atomic E-state index is 9.04. The number of anilines is 2. The molecule has 0 aliphatic carbocycles. The van der Waals surface area contributed by atoms with Gasteiger partial charge in [0.2, 0.25) is 5.88 Å². The molecule has 2 aromatic rings. The van der Waals surface area contributed by atoms with Crippen molar-refractivity contribution in [2.75, 3.05) is 30.8 Å². The standard InChI is InChI=1S/C18H21N5O2/c1-12-9-13(10-19)17(20)22-18(12)23-7-5-14(6-8-23)25-15-3-4-16(24-2)21-11-15/h3-4,9,11,14H,5-8H2,1-2H3,(H2,20,22). The van der Waals surface area contributed by atoms with Gasteiger partial charge >= 0.3 is 0 Å². The predicted octanol–water partition coefficient (Wildman–Crippen LogP) is 2.30. The number of hydrogen-bond acceptors (Lipinski definition) is 7. The summed E-state index contributed by atoms with van der Waals surface area (Å²) in [5.74, 6) is 2.45. The number of ether oxygens (including phenoxy) is 2. The average Bonchev–Trinajstić information content (AvgIpc) is 2.64. The largest absolute Gasteiger partial charge is 0.489 e. The van der Waals surface area contributed by atoms with Crippen LogP contribution in [0, 0.1) is 18.3 Å². The molecule has 7 nitrogen and oxygen atoms in total. The lowest BCUT2D eigenvalue weighted by molar-refractivity contribution is 0.170. The number of rotatable bonds is 4. The summed E-state index contributed by atoms with van der Waals surface area (Å²) in [5, 5.41) is 9.04. The zero-order chi connectivity index (χ0) is 17.8. The maximum absolute atomic E-state index is 9.04. The number of nitrogen functional groups attached to an aromatic ring is 1. The number of aromatic nitrogens is 2. The van der Waals surface area contributed by atoms with Crippen molar-refractivity contribution in [2.24, 2.45) is 0 Å². The summed E-state index contributed by atoms with van der Waals surface area (Å²) in [5.41, 5.74) is 7.24. The SMILES string of the molecule is COc1ccc(OC2CCN(c3nc(N)c(C#N)cc3C)CC2)cn1. The van der Waals surface area contributed by atoms with E-state index in [1.165, 1.54) is 0 Å². The molecule has 2 aromatic heterocycles. The van der Waals surface area contributed by atoms with Crippen molar-refractivity contribution in [3.8, 4) is 17.7 Å². The van der Waals surface area contributed by atoms with Crippen LogP contribution in [0.4, 0.5) is 11.6 Å². The molecule has 1 saturated heterocycles. The molecule has 25 heavy (non-hydrogen) atoms. The van der Waals surface area contributed by atoms with E-state index < -0.39 is 0 Å². The molecule has 7 heteroatoms. The highest BCUT2D eigenvalue weighted by molar-refractivity contribution is 5.59. The number of pyridine rings is 2. The Hall–Kier alpha value is -3.01. The minimum atomic E-state index is 0.141. The van der Waals surface area contributed by atoms with Crippen molar-refractivity contribution in [2.45, 2.75) is 25.9 Å². The van der Waals surface area contributed by atoms with Gasteiger partial charge in [0.15, 0.2) is 0 Å². The van der Waals surface area contributed by atoms with Gasteiger partial charge in [0.1, 0.15) is 29.6 Å². The minimum absolute atomic E-state index is 0.141. The third-order valence-corrected chi connectivity index (χ3v) is 4.30. The van der Waals surface area contributed by atoms with E-state index >= 15 is 0 Å². The Labute approximate surface area is 147 Å². The Morgan fingerprint density at radius 2 is 2.08 bits per heavy atom. The number of methoxy groups -OCH3 is 1. The van der Waals surface area contributed by atoms with Gasteiger partial charge in [-0.05, 0) is 24.6 Å². The second-order valence-corrected chi connectivity index (χ2v) is 6.01. The van der Waals surface area contributed by atoms with Crippen LogP contribution in [-0.2, 0) is 0 Å². The summed E-state index contributed by atoms with van der Waals surface area (Å²) in [6, 6.07) is 7.52. The van der Waals surface area contributed by atoms with Crippen molar-refractivity contribution in [3.63, 3.8) is 0 Å². The second kappa shape index (κ2) is 7.26. The number of aryl methyl sites for hydroxylation is 1. The molecule has 1 fully saturated rings. The van der Waals surface area contributed by atoms with E-state index in [0.717, 1.165) is 43.1 Å². The van der Waals surface area contributed by atoms with E-state index in [1.54, 1.807) is 25.4 Å². The first kappa shape index (κ1) is 16.8. The summed E-state index contributed by atoms with van der Waals surface area (Å²) < 4.78 is 11.0. The van der Waals surface area contributed by atoms with Gasteiger partial charge in [0.25, 0.3) is 0 Å². The Bertz CT molecular complexity index is 777. The first-order valence-electron chi connectivity index (χ1n) is 8.19. The molecule has 0 aromatic carbocycles. The molecule has 0 spiro atoms. The number of hydrogen-bond donors (Lipinski definition) is 1. The van der Waals surface area contributed by atoms with Crippen LogP contribution in [0.1, 0.15) is 24.0 Å². The molecule has 0 unspecified atom stereocenters. The summed E-state index contributed by atoms with van der Waals surface area (Å²) in [4.78, 5) is 10.8. The molecule has 1 aliphatic heterocycles. The number of nitriles is 1. The Balaban J connectivity index is 1.62. The summed E-state index contributed by atoms with van der Waals surface area (Å²) in [7, 11) is 1.59. The molecule has 0 saturated carbocycles. The lowest BCUT2D eigenvalue weighted by Crippen LogP contribution is -2.39. The minimum Gasteiger partial charge on any atom is -0.489 e. The van der Waals surface area contributed by atoms with Gasteiger partial charge < -0.3 is 20.1 Å². The number of nitrogens with two attached hydrogens (primary N) is 1. The third kappa shape index (κ3) is 3.74. The Morgan fingerprint density at radius 3 is 2.68 bits per heavy atom. The van der Waals surface area contributed by atoms with Crippen molar-refractivity contribution in [3.05, 3.63) is 35.5 Å². The van der Waals surface area contributed by atoms with E-state index in [4.69, 9.17) is 20.5 Å². The smallest absolute Gasteiger partial charge is 0.213 e. The van der Waals surface area contributed by atoms with Crippen LogP contribution in [-0.4, -0.2) is 36.3 Å². The lowest BCUT2D eigenvalue weighted by atomic mass is 10.1. The molecular formula is C18H21N5O2. The fourth-order valence-corrected chi connectivity index (χ4v) is 2.96. The molecule has 1 aliphatic rings. The fourth-order valence-electron chi connectivity index (χ4n) is 2.96. The van der Waals surface area contributed by atoms with E-state index in [0.29, 0.717) is 11.4 Å². The van der Waals surface area contributed by atoms with Gasteiger partial charge in [-0.25, -0.2) is 9.97 Å². The number of nitrogens with zero attached hydrogens (tertiary/aromatic N) is 4. The molecule has 130 valence electrons. The van der Waals surface area contributed by atoms with Gasteiger partial charge in [-0.3, -0.25) is 0 Å². The van der Waals surface area contributed by atoms with Crippen LogP contribution in [0.5, 0.6) is 11.6 Å². The highest BCUT2D eigenvalue weighted by Crippen LogP contribution is 2.26. The van der Waals surface area contributed by atoms with Gasteiger partial charge in [-0.2, -0.15) is 5.26 Å². The first-order valence-corrected chi connectivity index (χ1v) is 8.19. The van der Waals surface area contributed by atoms with E-state index in [-0.39, 0.29) is 11.9 Å². The highest BCUT2D eigenvalue weighted by Gasteiger charge is 2.23. The monoisotopic (exact) mass is 339 g/mol. The van der Waals surface area contributed by atoms with Crippen molar-refractivity contribution >= 4 is 11.6 Å². The van der Waals surface area contributed by atoms with Crippen LogP contribution >= 0.6 is 0 Å². The summed E-state index contributed by atoms with van der Waals surface area (Å²) >= 11 is 0. The van der Waals surface area contributed by atoms with Gasteiger partial charge in [-0.15, -0.1) is 0 Å². The highest BCUT2D eigenvalue weighted by atomic mass is 16.5. The molecule has 0 atom stereocenters. The Morgan fingerprint density at radius 1 is 1.32 bits per heavy atom. The predicted molar refractivity (Wildman–Crippen MR) is 94.8 cm³/mol. The first-order chi connectivity index (χ1) is 12.1. The Kier molecular flexibility index (Phi) is 4.89. The molecule has 2 N–H and O–H groups in total. The normalized spacial score (nSPS) is 14.8. The molecule has 3 heterocycles. The number of piperidine rings is 1. The third-order valence-electron chi connectivity index (χ3n) is 4.30. The molecule has 0 amide bonds.